The number of hydrogen-bond acceptors (Lipinski definition) is 4. The van der Waals surface area contributed by atoms with E-state index in [0.717, 1.165) is 5.56 Å². The van der Waals surface area contributed by atoms with Gasteiger partial charge in [-0.2, -0.15) is 5.10 Å². The van der Waals surface area contributed by atoms with Crippen LogP contribution in [0.5, 0.6) is 5.75 Å². The lowest BCUT2D eigenvalue weighted by molar-refractivity contribution is -0.118. The first-order valence-corrected chi connectivity index (χ1v) is 7.94. The predicted molar refractivity (Wildman–Crippen MR) is 94.0 cm³/mol. The van der Waals surface area contributed by atoms with Gasteiger partial charge in [0.05, 0.1) is 24.4 Å². The standard InChI is InChI=1S/C19H19N3O3/c23-18(10-19(24)22-16-11-20-21-12-16)15-6-8-17(9-7-15)25-13-14-4-2-1-3-5-14/h1-9,11-12,18,23H,10,13H2,(H,20,21)(H,22,24). The topological polar surface area (TPSA) is 87.2 Å². The van der Waals surface area contributed by atoms with E-state index in [2.05, 4.69) is 15.5 Å². The van der Waals surface area contributed by atoms with Gasteiger partial charge in [0, 0.05) is 6.20 Å². The lowest BCUT2D eigenvalue weighted by Gasteiger charge is -2.12. The molecule has 1 atom stereocenters. The molecular weight excluding hydrogens is 318 g/mol. The second kappa shape index (κ2) is 8.12. The molecule has 25 heavy (non-hydrogen) atoms. The minimum atomic E-state index is -0.880. The number of anilines is 1. The number of carbonyl (C=O) groups is 1. The van der Waals surface area contributed by atoms with Gasteiger partial charge in [-0.1, -0.05) is 42.5 Å². The van der Waals surface area contributed by atoms with E-state index < -0.39 is 6.10 Å². The molecule has 0 radical (unpaired) electrons. The Kier molecular flexibility index (Phi) is 5.43. The van der Waals surface area contributed by atoms with E-state index in [0.29, 0.717) is 23.6 Å². The van der Waals surface area contributed by atoms with Gasteiger partial charge >= 0.3 is 0 Å². The minimum absolute atomic E-state index is 0.0323. The minimum Gasteiger partial charge on any atom is -0.489 e. The van der Waals surface area contributed by atoms with Crippen molar-refractivity contribution in [2.45, 2.75) is 19.1 Å². The fourth-order valence-electron chi connectivity index (χ4n) is 2.35. The smallest absolute Gasteiger partial charge is 0.227 e. The Morgan fingerprint density at radius 2 is 1.92 bits per heavy atom. The van der Waals surface area contributed by atoms with Gasteiger partial charge in [-0.25, -0.2) is 0 Å². The summed E-state index contributed by atoms with van der Waals surface area (Å²) in [5, 5.41) is 19.2. The third-order valence-electron chi connectivity index (χ3n) is 3.67. The average molecular weight is 337 g/mol. The number of H-pyrrole nitrogens is 1. The van der Waals surface area contributed by atoms with Crippen molar-refractivity contribution in [3.8, 4) is 5.75 Å². The summed E-state index contributed by atoms with van der Waals surface area (Å²) < 4.78 is 5.71. The first-order chi connectivity index (χ1) is 12.2. The molecule has 0 saturated heterocycles. The third kappa shape index (κ3) is 4.92. The molecule has 2 aromatic carbocycles. The van der Waals surface area contributed by atoms with Crippen molar-refractivity contribution in [3.05, 3.63) is 78.1 Å². The second-order valence-corrected chi connectivity index (χ2v) is 5.60. The Bertz CT molecular complexity index is 787. The number of nitrogens with one attached hydrogen (secondary N) is 2. The second-order valence-electron chi connectivity index (χ2n) is 5.60. The Balaban J connectivity index is 1.51. The van der Waals surface area contributed by atoms with Crippen LogP contribution in [0.4, 0.5) is 5.69 Å². The van der Waals surface area contributed by atoms with E-state index >= 15 is 0 Å². The molecule has 0 saturated carbocycles. The zero-order chi connectivity index (χ0) is 17.5. The van der Waals surface area contributed by atoms with Crippen molar-refractivity contribution < 1.29 is 14.6 Å². The number of hydrogen-bond donors (Lipinski definition) is 3. The molecule has 1 amide bonds. The molecule has 0 fully saturated rings. The Morgan fingerprint density at radius 3 is 2.60 bits per heavy atom. The molecule has 3 rings (SSSR count). The predicted octanol–water partition coefficient (Wildman–Crippen LogP) is 3.05. The molecule has 128 valence electrons. The van der Waals surface area contributed by atoms with Crippen molar-refractivity contribution in [2.75, 3.05) is 5.32 Å². The first kappa shape index (κ1) is 16.7. The summed E-state index contributed by atoms with van der Waals surface area (Å²) >= 11 is 0. The molecule has 0 spiro atoms. The van der Waals surface area contributed by atoms with E-state index in [-0.39, 0.29) is 12.3 Å². The Hall–Kier alpha value is -3.12. The summed E-state index contributed by atoms with van der Waals surface area (Å²) in [4.78, 5) is 11.9. The van der Waals surface area contributed by atoms with Gasteiger partial charge in [-0.3, -0.25) is 9.89 Å². The number of aliphatic hydroxyl groups excluding tert-OH is 1. The van der Waals surface area contributed by atoms with Crippen LogP contribution >= 0.6 is 0 Å². The highest BCUT2D eigenvalue weighted by Gasteiger charge is 2.13. The third-order valence-corrected chi connectivity index (χ3v) is 3.67. The lowest BCUT2D eigenvalue weighted by atomic mass is 10.1. The van der Waals surface area contributed by atoms with Crippen LogP contribution in [-0.4, -0.2) is 21.2 Å². The summed E-state index contributed by atoms with van der Waals surface area (Å²) in [5.41, 5.74) is 2.32. The van der Waals surface area contributed by atoms with Crippen molar-refractivity contribution in [1.82, 2.24) is 10.2 Å². The molecule has 0 aliphatic carbocycles. The van der Waals surface area contributed by atoms with Crippen molar-refractivity contribution in [2.24, 2.45) is 0 Å². The average Bonchev–Trinajstić information content (AvgIpc) is 3.14. The van der Waals surface area contributed by atoms with Crippen LogP contribution in [0, 0.1) is 0 Å². The molecular formula is C19H19N3O3. The summed E-state index contributed by atoms with van der Waals surface area (Å²) in [5.74, 6) is 0.431. The number of aliphatic hydroxyl groups is 1. The van der Waals surface area contributed by atoms with Crippen molar-refractivity contribution in [3.63, 3.8) is 0 Å². The molecule has 3 N–H and O–H groups in total. The van der Waals surface area contributed by atoms with Gasteiger partial charge in [0.2, 0.25) is 5.91 Å². The Labute approximate surface area is 145 Å². The molecule has 0 aliphatic rings. The summed E-state index contributed by atoms with van der Waals surface area (Å²) in [6, 6.07) is 17.0. The van der Waals surface area contributed by atoms with Crippen LogP contribution in [0.2, 0.25) is 0 Å². The lowest BCUT2D eigenvalue weighted by Crippen LogP contribution is -2.15. The largest absolute Gasteiger partial charge is 0.489 e. The number of benzene rings is 2. The monoisotopic (exact) mass is 337 g/mol. The van der Waals surface area contributed by atoms with E-state index in [9.17, 15) is 9.90 Å². The fourth-order valence-corrected chi connectivity index (χ4v) is 2.35. The first-order valence-electron chi connectivity index (χ1n) is 7.94. The maximum atomic E-state index is 11.9. The van der Waals surface area contributed by atoms with Gasteiger partial charge in [0.25, 0.3) is 0 Å². The molecule has 6 heteroatoms. The van der Waals surface area contributed by atoms with Crippen LogP contribution in [0.3, 0.4) is 0 Å². The van der Waals surface area contributed by atoms with Gasteiger partial charge < -0.3 is 15.2 Å². The number of aromatic nitrogens is 2. The van der Waals surface area contributed by atoms with Gasteiger partial charge in [0.1, 0.15) is 12.4 Å². The van der Waals surface area contributed by atoms with Crippen molar-refractivity contribution >= 4 is 11.6 Å². The van der Waals surface area contributed by atoms with Crippen LogP contribution < -0.4 is 10.1 Å². The molecule has 6 nitrogen and oxygen atoms in total. The number of ether oxygens (including phenoxy) is 1. The van der Waals surface area contributed by atoms with Crippen LogP contribution in [-0.2, 0) is 11.4 Å². The van der Waals surface area contributed by atoms with E-state index in [1.54, 1.807) is 30.5 Å². The number of carbonyl (C=O) groups excluding carboxylic acids is 1. The quantitative estimate of drug-likeness (QED) is 0.618. The highest BCUT2D eigenvalue weighted by atomic mass is 16.5. The van der Waals surface area contributed by atoms with E-state index in [1.807, 2.05) is 30.3 Å². The number of rotatable bonds is 7. The maximum absolute atomic E-state index is 11.9. The number of amides is 1. The van der Waals surface area contributed by atoms with E-state index in [1.165, 1.54) is 6.20 Å². The van der Waals surface area contributed by atoms with Crippen molar-refractivity contribution in [1.29, 1.82) is 0 Å². The SMILES string of the molecule is O=C(CC(O)c1ccc(OCc2ccccc2)cc1)Nc1cn[nH]c1. The van der Waals surface area contributed by atoms with Gasteiger partial charge in [0.15, 0.2) is 0 Å². The van der Waals surface area contributed by atoms with Crippen LogP contribution in [0.25, 0.3) is 0 Å². The van der Waals surface area contributed by atoms with E-state index in [4.69, 9.17) is 4.74 Å². The normalized spacial score (nSPS) is 11.7. The molecule has 0 aliphatic heterocycles. The van der Waals surface area contributed by atoms with Crippen LogP contribution in [0.15, 0.2) is 67.0 Å². The molecule has 1 aromatic heterocycles. The molecule has 0 bridgehead atoms. The fraction of sp³-hybridized carbons (Fsp3) is 0.158. The molecule has 1 unspecified atom stereocenters. The zero-order valence-electron chi connectivity index (χ0n) is 13.6. The summed E-state index contributed by atoms with van der Waals surface area (Å²) in [7, 11) is 0. The van der Waals surface area contributed by atoms with Crippen LogP contribution in [0.1, 0.15) is 23.7 Å². The Morgan fingerprint density at radius 1 is 1.16 bits per heavy atom. The number of aromatic amines is 1. The summed E-state index contributed by atoms with van der Waals surface area (Å²) in [6.07, 6.45) is 2.16. The molecule has 1 heterocycles. The molecule has 3 aromatic rings. The zero-order valence-corrected chi connectivity index (χ0v) is 13.6. The number of nitrogens with zero attached hydrogens (tertiary/aromatic N) is 1. The van der Waals surface area contributed by atoms with Gasteiger partial charge in [-0.05, 0) is 23.3 Å². The maximum Gasteiger partial charge on any atom is 0.227 e. The highest BCUT2D eigenvalue weighted by molar-refractivity contribution is 5.90. The summed E-state index contributed by atoms with van der Waals surface area (Å²) in [6.45, 7) is 0.482. The van der Waals surface area contributed by atoms with Gasteiger partial charge in [-0.15, -0.1) is 0 Å². The highest BCUT2D eigenvalue weighted by Crippen LogP contribution is 2.21.